The summed E-state index contributed by atoms with van der Waals surface area (Å²) in [5.74, 6) is 0. The first-order valence-electron chi connectivity index (χ1n) is 7.13. The summed E-state index contributed by atoms with van der Waals surface area (Å²) in [6, 6.07) is 11.9. The van der Waals surface area contributed by atoms with Gasteiger partial charge in [-0.25, -0.2) is 0 Å². The molecule has 3 rings (SSSR count). The molecular formula is C17H21NS. The van der Waals surface area contributed by atoms with Gasteiger partial charge in [-0.1, -0.05) is 24.3 Å². The van der Waals surface area contributed by atoms with Gasteiger partial charge < -0.3 is 5.32 Å². The predicted molar refractivity (Wildman–Crippen MR) is 82.7 cm³/mol. The van der Waals surface area contributed by atoms with Crippen LogP contribution in [0.1, 0.15) is 53.4 Å². The van der Waals surface area contributed by atoms with Crippen molar-refractivity contribution in [3.63, 3.8) is 0 Å². The lowest BCUT2D eigenvalue weighted by Crippen LogP contribution is -2.27. The Labute approximate surface area is 119 Å². The molecule has 1 nitrogen and oxygen atoms in total. The average Bonchev–Trinajstić information content (AvgIpc) is 2.88. The van der Waals surface area contributed by atoms with E-state index >= 15 is 0 Å². The number of hydrogen-bond donors (Lipinski definition) is 1. The van der Waals surface area contributed by atoms with Crippen LogP contribution in [-0.4, -0.2) is 0 Å². The van der Waals surface area contributed by atoms with Gasteiger partial charge in [-0.3, -0.25) is 0 Å². The average molecular weight is 271 g/mol. The number of fused-ring (bicyclic) bond motifs is 1. The zero-order valence-corrected chi connectivity index (χ0v) is 12.5. The maximum atomic E-state index is 3.82. The van der Waals surface area contributed by atoms with E-state index in [9.17, 15) is 0 Å². The normalized spacial score (nSPS) is 20.0. The highest BCUT2D eigenvalue weighted by Crippen LogP contribution is 2.35. The molecule has 0 saturated carbocycles. The Hall–Kier alpha value is -1.12. The first kappa shape index (κ1) is 12.9. The third kappa shape index (κ3) is 2.60. The zero-order valence-electron chi connectivity index (χ0n) is 11.6. The van der Waals surface area contributed by atoms with Gasteiger partial charge >= 0.3 is 0 Å². The molecule has 0 bridgehead atoms. The highest BCUT2D eigenvalue weighted by molar-refractivity contribution is 7.10. The van der Waals surface area contributed by atoms with E-state index in [0.717, 1.165) is 0 Å². The van der Waals surface area contributed by atoms with Crippen LogP contribution in [0.25, 0.3) is 0 Å². The zero-order chi connectivity index (χ0) is 13.2. The minimum atomic E-state index is 0.414. The molecule has 0 radical (unpaired) electrons. The summed E-state index contributed by atoms with van der Waals surface area (Å²) in [6.45, 7) is 4.48. The Morgan fingerprint density at radius 2 is 2.11 bits per heavy atom. The van der Waals surface area contributed by atoms with E-state index in [4.69, 9.17) is 0 Å². The standard InChI is InChI=1S/C17H21NS/c1-12-6-3-4-7-14(12)13(2)18-16-8-5-9-17-15(16)10-11-19-17/h3-4,6-7,10-11,13,16,18H,5,8-9H2,1-2H3/t13-,16?/m0/s1. The van der Waals surface area contributed by atoms with E-state index in [-0.39, 0.29) is 0 Å². The SMILES string of the molecule is Cc1ccccc1[C@H](C)NC1CCCc2sccc21. The van der Waals surface area contributed by atoms with Crippen LogP contribution in [0.3, 0.4) is 0 Å². The lowest BCUT2D eigenvalue weighted by atomic mass is 9.92. The van der Waals surface area contributed by atoms with E-state index < -0.39 is 0 Å². The topological polar surface area (TPSA) is 12.0 Å². The van der Waals surface area contributed by atoms with Crippen LogP contribution in [-0.2, 0) is 6.42 Å². The summed E-state index contributed by atoms with van der Waals surface area (Å²) in [4.78, 5) is 1.58. The molecule has 100 valence electrons. The second kappa shape index (κ2) is 5.48. The van der Waals surface area contributed by atoms with Crippen LogP contribution in [0.5, 0.6) is 0 Å². The number of benzene rings is 1. The molecule has 2 atom stereocenters. The fourth-order valence-electron chi connectivity index (χ4n) is 3.12. The molecular weight excluding hydrogens is 250 g/mol. The highest BCUT2D eigenvalue weighted by Gasteiger charge is 2.22. The summed E-state index contributed by atoms with van der Waals surface area (Å²) in [7, 11) is 0. The van der Waals surface area contributed by atoms with Gasteiger partial charge in [0.2, 0.25) is 0 Å². The van der Waals surface area contributed by atoms with Crippen molar-refractivity contribution >= 4 is 11.3 Å². The Morgan fingerprint density at radius 3 is 2.95 bits per heavy atom. The Balaban J connectivity index is 1.78. The third-order valence-corrected chi connectivity index (χ3v) is 5.15. The Bertz CT molecular complexity index is 558. The van der Waals surface area contributed by atoms with Crippen molar-refractivity contribution in [2.45, 2.75) is 45.2 Å². The number of hydrogen-bond acceptors (Lipinski definition) is 2. The van der Waals surface area contributed by atoms with Gasteiger partial charge in [-0.15, -0.1) is 11.3 Å². The van der Waals surface area contributed by atoms with Gasteiger partial charge in [0.25, 0.3) is 0 Å². The van der Waals surface area contributed by atoms with Crippen LogP contribution in [0.2, 0.25) is 0 Å². The van der Waals surface area contributed by atoms with Crippen LogP contribution < -0.4 is 5.32 Å². The fraction of sp³-hybridized carbons (Fsp3) is 0.412. The van der Waals surface area contributed by atoms with Gasteiger partial charge in [-0.05, 0) is 61.2 Å². The quantitative estimate of drug-likeness (QED) is 0.846. The molecule has 1 aliphatic carbocycles. The number of aryl methyl sites for hydroxylation is 2. The molecule has 2 heteroatoms. The van der Waals surface area contributed by atoms with Gasteiger partial charge in [0.05, 0.1) is 0 Å². The van der Waals surface area contributed by atoms with Gasteiger partial charge in [0.15, 0.2) is 0 Å². The minimum absolute atomic E-state index is 0.414. The summed E-state index contributed by atoms with van der Waals surface area (Å²) in [5, 5.41) is 6.06. The monoisotopic (exact) mass is 271 g/mol. The van der Waals surface area contributed by atoms with E-state index in [1.807, 2.05) is 11.3 Å². The summed E-state index contributed by atoms with van der Waals surface area (Å²) < 4.78 is 0. The fourth-order valence-corrected chi connectivity index (χ4v) is 4.11. The largest absolute Gasteiger partial charge is 0.303 e. The molecule has 1 aromatic heterocycles. The van der Waals surface area contributed by atoms with Crippen molar-refractivity contribution in [3.8, 4) is 0 Å². The molecule has 1 unspecified atom stereocenters. The maximum Gasteiger partial charge on any atom is 0.0336 e. The first-order valence-corrected chi connectivity index (χ1v) is 8.01. The molecule has 0 aliphatic heterocycles. The number of rotatable bonds is 3. The lowest BCUT2D eigenvalue weighted by molar-refractivity contribution is 0.417. The van der Waals surface area contributed by atoms with E-state index in [2.05, 4.69) is 54.9 Å². The van der Waals surface area contributed by atoms with Crippen molar-refractivity contribution in [1.82, 2.24) is 5.32 Å². The van der Waals surface area contributed by atoms with Crippen molar-refractivity contribution < 1.29 is 0 Å². The number of nitrogens with one attached hydrogen (secondary N) is 1. The van der Waals surface area contributed by atoms with Crippen LogP contribution >= 0.6 is 11.3 Å². The van der Waals surface area contributed by atoms with Crippen LogP contribution in [0.4, 0.5) is 0 Å². The van der Waals surface area contributed by atoms with Crippen molar-refractivity contribution in [3.05, 3.63) is 57.3 Å². The van der Waals surface area contributed by atoms with Gasteiger partial charge in [0, 0.05) is 17.0 Å². The Kier molecular flexibility index (Phi) is 3.72. The second-order valence-corrected chi connectivity index (χ2v) is 6.49. The molecule has 0 spiro atoms. The molecule has 1 heterocycles. The van der Waals surface area contributed by atoms with Crippen LogP contribution in [0.15, 0.2) is 35.7 Å². The smallest absolute Gasteiger partial charge is 0.0336 e. The van der Waals surface area contributed by atoms with Crippen molar-refractivity contribution in [2.75, 3.05) is 0 Å². The molecule has 2 aromatic rings. The van der Waals surface area contributed by atoms with Crippen LogP contribution in [0, 0.1) is 6.92 Å². The molecule has 0 amide bonds. The second-order valence-electron chi connectivity index (χ2n) is 5.49. The van der Waals surface area contributed by atoms with E-state index in [0.29, 0.717) is 12.1 Å². The van der Waals surface area contributed by atoms with Crippen molar-refractivity contribution in [2.24, 2.45) is 0 Å². The highest BCUT2D eigenvalue weighted by atomic mass is 32.1. The summed E-state index contributed by atoms with van der Waals surface area (Å²) in [6.07, 6.45) is 3.84. The van der Waals surface area contributed by atoms with E-state index in [1.165, 1.54) is 36.0 Å². The van der Waals surface area contributed by atoms with Gasteiger partial charge in [-0.2, -0.15) is 0 Å². The number of thiophene rings is 1. The van der Waals surface area contributed by atoms with Gasteiger partial charge in [0.1, 0.15) is 0 Å². The minimum Gasteiger partial charge on any atom is -0.303 e. The van der Waals surface area contributed by atoms with E-state index in [1.54, 1.807) is 4.88 Å². The predicted octanol–water partition coefficient (Wildman–Crippen LogP) is 4.78. The first-order chi connectivity index (χ1) is 9.25. The molecule has 1 aromatic carbocycles. The molecule has 0 fully saturated rings. The van der Waals surface area contributed by atoms with Crippen molar-refractivity contribution in [1.29, 1.82) is 0 Å². The molecule has 1 N–H and O–H groups in total. The lowest BCUT2D eigenvalue weighted by Gasteiger charge is -2.28. The third-order valence-electron chi connectivity index (χ3n) is 4.16. The molecule has 1 aliphatic rings. The summed E-state index contributed by atoms with van der Waals surface area (Å²) in [5.41, 5.74) is 4.34. The molecule has 0 saturated heterocycles. The maximum absolute atomic E-state index is 3.82. The Morgan fingerprint density at radius 1 is 1.26 bits per heavy atom. The molecule has 19 heavy (non-hydrogen) atoms. The summed E-state index contributed by atoms with van der Waals surface area (Å²) >= 11 is 1.92.